The molecule has 0 saturated carbocycles. The molecule has 1 atom stereocenters. The molecular formula is C27H27NO4S. The molecule has 5 nitrogen and oxygen atoms in total. The molecule has 6 heteroatoms. The average Bonchev–Trinajstić information content (AvgIpc) is 3.40. The third-order valence-electron chi connectivity index (χ3n) is 5.62. The molecule has 0 spiro atoms. The zero-order valence-electron chi connectivity index (χ0n) is 18.9. The Labute approximate surface area is 197 Å². The molecule has 0 bridgehead atoms. The van der Waals surface area contributed by atoms with Crippen molar-refractivity contribution >= 4 is 28.8 Å². The maximum atomic E-state index is 13.2. The van der Waals surface area contributed by atoms with Crippen LogP contribution in [0, 0.1) is 12.8 Å². The third kappa shape index (κ3) is 4.71. The van der Waals surface area contributed by atoms with Crippen LogP contribution in [0.1, 0.15) is 41.5 Å². The van der Waals surface area contributed by atoms with Gasteiger partial charge in [-0.2, -0.15) is 0 Å². The molecule has 1 fully saturated rings. The van der Waals surface area contributed by atoms with E-state index in [0.29, 0.717) is 30.4 Å². The highest BCUT2D eigenvalue weighted by Crippen LogP contribution is 2.41. The average molecular weight is 462 g/mol. The molecule has 4 rings (SSSR count). The van der Waals surface area contributed by atoms with E-state index in [9.17, 15) is 14.7 Å². The SMILES string of the molecule is Cc1ccccc1C1/C(=C(\O)c2cccc(OCC(C)C)c2)C(=O)C(=O)N1Cc1cccs1. The zero-order chi connectivity index (χ0) is 23.5. The van der Waals surface area contributed by atoms with E-state index in [-0.39, 0.29) is 11.3 Å². The first-order chi connectivity index (χ1) is 15.9. The Balaban J connectivity index is 1.81. The van der Waals surface area contributed by atoms with Crippen molar-refractivity contribution in [2.45, 2.75) is 33.4 Å². The second-order valence-corrected chi connectivity index (χ2v) is 9.63. The van der Waals surface area contributed by atoms with Gasteiger partial charge in [0.2, 0.25) is 0 Å². The summed E-state index contributed by atoms with van der Waals surface area (Å²) in [6, 6.07) is 17.9. The van der Waals surface area contributed by atoms with Crippen LogP contribution >= 0.6 is 11.3 Å². The Kier molecular flexibility index (Phi) is 6.65. The first-order valence-corrected chi connectivity index (χ1v) is 11.8. The summed E-state index contributed by atoms with van der Waals surface area (Å²) in [5.74, 6) is -0.514. The van der Waals surface area contributed by atoms with E-state index in [1.54, 1.807) is 23.1 Å². The van der Waals surface area contributed by atoms with Crippen LogP contribution in [-0.2, 0) is 16.1 Å². The minimum absolute atomic E-state index is 0.104. The summed E-state index contributed by atoms with van der Waals surface area (Å²) >= 11 is 1.53. The van der Waals surface area contributed by atoms with E-state index < -0.39 is 17.7 Å². The maximum Gasteiger partial charge on any atom is 0.295 e. The summed E-state index contributed by atoms with van der Waals surface area (Å²) in [4.78, 5) is 28.9. The largest absolute Gasteiger partial charge is 0.507 e. The summed E-state index contributed by atoms with van der Waals surface area (Å²) < 4.78 is 5.80. The number of ketones is 1. The monoisotopic (exact) mass is 461 g/mol. The van der Waals surface area contributed by atoms with E-state index in [2.05, 4.69) is 13.8 Å². The van der Waals surface area contributed by atoms with Gasteiger partial charge in [0.05, 0.1) is 24.8 Å². The number of carbonyl (C=O) groups is 2. The standard InChI is InChI=1S/C27H27NO4S/c1-17(2)16-32-20-10-6-9-19(14-20)25(29)23-24(22-12-5-4-8-18(22)3)28(27(31)26(23)30)15-21-11-7-13-33-21/h4-14,17,24,29H,15-16H2,1-3H3/b25-23+. The highest BCUT2D eigenvalue weighted by molar-refractivity contribution is 7.09. The van der Waals surface area contributed by atoms with Gasteiger partial charge in [0.15, 0.2) is 0 Å². The van der Waals surface area contributed by atoms with Crippen LogP contribution < -0.4 is 4.74 Å². The van der Waals surface area contributed by atoms with Gasteiger partial charge in [0.1, 0.15) is 11.5 Å². The van der Waals surface area contributed by atoms with Crippen molar-refractivity contribution < 1.29 is 19.4 Å². The number of aryl methyl sites for hydroxylation is 1. The number of amides is 1. The summed E-state index contributed by atoms with van der Waals surface area (Å²) in [5.41, 5.74) is 2.32. The predicted octanol–water partition coefficient (Wildman–Crippen LogP) is 5.71. The molecule has 33 heavy (non-hydrogen) atoms. The lowest BCUT2D eigenvalue weighted by Gasteiger charge is -2.26. The number of carbonyl (C=O) groups excluding carboxylic acids is 2. The molecule has 1 aromatic heterocycles. The molecular weight excluding hydrogens is 434 g/mol. The lowest BCUT2D eigenvalue weighted by molar-refractivity contribution is -0.140. The van der Waals surface area contributed by atoms with Gasteiger partial charge in [-0.25, -0.2) is 0 Å². The fourth-order valence-corrected chi connectivity index (χ4v) is 4.68. The van der Waals surface area contributed by atoms with E-state index in [1.807, 2.05) is 54.8 Å². The number of ether oxygens (including phenoxy) is 1. The molecule has 1 unspecified atom stereocenters. The number of nitrogens with zero attached hydrogens (tertiary/aromatic N) is 1. The van der Waals surface area contributed by atoms with E-state index in [0.717, 1.165) is 16.0 Å². The number of thiophene rings is 1. The molecule has 1 amide bonds. The van der Waals surface area contributed by atoms with Gasteiger partial charge in [-0.05, 0) is 47.5 Å². The second-order valence-electron chi connectivity index (χ2n) is 8.60. The Hall–Kier alpha value is -3.38. The van der Waals surface area contributed by atoms with E-state index in [4.69, 9.17) is 4.74 Å². The van der Waals surface area contributed by atoms with Gasteiger partial charge in [-0.1, -0.05) is 56.3 Å². The predicted molar refractivity (Wildman–Crippen MR) is 130 cm³/mol. The number of rotatable bonds is 7. The second kappa shape index (κ2) is 9.63. The number of aliphatic hydroxyl groups excluding tert-OH is 1. The molecule has 1 aliphatic heterocycles. The Morgan fingerprint density at radius 2 is 1.88 bits per heavy atom. The minimum Gasteiger partial charge on any atom is -0.507 e. The Bertz CT molecular complexity index is 1200. The van der Waals surface area contributed by atoms with Crippen LogP contribution in [0.4, 0.5) is 0 Å². The van der Waals surface area contributed by atoms with Crippen LogP contribution in [0.5, 0.6) is 5.75 Å². The zero-order valence-corrected chi connectivity index (χ0v) is 19.8. The van der Waals surface area contributed by atoms with Crippen LogP contribution in [0.25, 0.3) is 5.76 Å². The molecule has 2 heterocycles. The van der Waals surface area contributed by atoms with Crippen molar-refractivity contribution in [3.05, 3.63) is 93.2 Å². The van der Waals surface area contributed by atoms with Crippen molar-refractivity contribution in [2.75, 3.05) is 6.61 Å². The Morgan fingerprint density at radius 1 is 1.09 bits per heavy atom. The Morgan fingerprint density at radius 3 is 2.58 bits per heavy atom. The number of benzene rings is 2. The van der Waals surface area contributed by atoms with Crippen molar-refractivity contribution in [1.29, 1.82) is 0 Å². The van der Waals surface area contributed by atoms with E-state index in [1.165, 1.54) is 11.3 Å². The lowest BCUT2D eigenvalue weighted by Crippen LogP contribution is -2.29. The molecule has 0 radical (unpaired) electrons. The molecule has 3 aromatic rings. The van der Waals surface area contributed by atoms with Crippen LogP contribution in [0.15, 0.2) is 71.6 Å². The molecule has 1 N–H and O–H groups in total. The molecule has 2 aromatic carbocycles. The molecule has 1 saturated heterocycles. The number of hydrogen-bond donors (Lipinski definition) is 1. The molecule has 1 aliphatic rings. The normalized spacial score (nSPS) is 17.7. The number of likely N-dealkylation sites (tertiary alicyclic amines) is 1. The van der Waals surface area contributed by atoms with Crippen molar-refractivity contribution in [3.8, 4) is 5.75 Å². The summed E-state index contributed by atoms with van der Waals surface area (Å²) in [6.45, 7) is 6.90. The quantitative estimate of drug-likeness (QED) is 0.278. The van der Waals surface area contributed by atoms with Gasteiger partial charge < -0.3 is 14.7 Å². The van der Waals surface area contributed by atoms with Gasteiger partial charge in [-0.15, -0.1) is 11.3 Å². The summed E-state index contributed by atoms with van der Waals surface area (Å²) in [6.07, 6.45) is 0. The molecule has 170 valence electrons. The van der Waals surface area contributed by atoms with Crippen molar-refractivity contribution in [1.82, 2.24) is 4.90 Å². The van der Waals surface area contributed by atoms with Gasteiger partial charge in [-0.3, -0.25) is 9.59 Å². The van der Waals surface area contributed by atoms with Gasteiger partial charge >= 0.3 is 0 Å². The maximum absolute atomic E-state index is 13.2. The van der Waals surface area contributed by atoms with Crippen molar-refractivity contribution in [3.63, 3.8) is 0 Å². The third-order valence-corrected chi connectivity index (χ3v) is 6.48. The topological polar surface area (TPSA) is 66.8 Å². The summed E-state index contributed by atoms with van der Waals surface area (Å²) in [5, 5.41) is 13.2. The van der Waals surface area contributed by atoms with Crippen LogP contribution in [-0.4, -0.2) is 28.3 Å². The first kappa shape index (κ1) is 22.8. The number of Topliss-reactive ketones (excluding diaryl/α,β-unsaturated/α-hetero) is 1. The first-order valence-electron chi connectivity index (χ1n) is 11.0. The number of hydrogen-bond acceptors (Lipinski definition) is 5. The van der Waals surface area contributed by atoms with Gasteiger partial charge in [0, 0.05) is 10.4 Å². The molecule has 0 aliphatic carbocycles. The van der Waals surface area contributed by atoms with Crippen molar-refractivity contribution in [2.24, 2.45) is 5.92 Å². The highest BCUT2D eigenvalue weighted by atomic mass is 32.1. The van der Waals surface area contributed by atoms with Gasteiger partial charge in [0.25, 0.3) is 11.7 Å². The van der Waals surface area contributed by atoms with E-state index >= 15 is 0 Å². The summed E-state index contributed by atoms with van der Waals surface area (Å²) in [7, 11) is 0. The van der Waals surface area contributed by atoms with Crippen LogP contribution in [0.3, 0.4) is 0 Å². The fourth-order valence-electron chi connectivity index (χ4n) is 3.98. The minimum atomic E-state index is -0.675. The number of aliphatic hydroxyl groups is 1. The lowest BCUT2D eigenvalue weighted by atomic mass is 9.92. The fraction of sp³-hybridized carbons (Fsp3) is 0.259. The smallest absolute Gasteiger partial charge is 0.295 e. The highest BCUT2D eigenvalue weighted by Gasteiger charge is 2.46. The van der Waals surface area contributed by atoms with Crippen LogP contribution in [0.2, 0.25) is 0 Å².